The Bertz CT molecular complexity index is 1230. The van der Waals surface area contributed by atoms with Gasteiger partial charge in [-0.3, -0.25) is 19.3 Å². The van der Waals surface area contributed by atoms with Crippen LogP contribution < -0.4 is 0 Å². The van der Waals surface area contributed by atoms with Crippen molar-refractivity contribution < 1.29 is 34.3 Å². The van der Waals surface area contributed by atoms with E-state index in [4.69, 9.17) is 21.4 Å². The Hall–Kier alpha value is -2.62. The maximum Gasteiger partial charge on any atom is 0.455 e. The third-order valence-corrected chi connectivity index (χ3v) is 9.16. The molecule has 2 fully saturated rings. The topological polar surface area (TPSA) is 124 Å². The van der Waals surface area contributed by atoms with E-state index in [2.05, 4.69) is 20.8 Å². The van der Waals surface area contributed by atoms with E-state index in [0.717, 1.165) is 28.7 Å². The number of carboxylic acid groups (broad SMARTS) is 1. The zero-order valence-corrected chi connectivity index (χ0v) is 24.9. The van der Waals surface area contributed by atoms with Gasteiger partial charge in [-0.05, 0) is 86.0 Å². The van der Waals surface area contributed by atoms with Crippen molar-refractivity contribution in [1.29, 1.82) is 0 Å². The number of fused-ring (bicyclic) bond motifs is 3. The van der Waals surface area contributed by atoms with E-state index in [9.17, 15) is 24.5 Å². The van der Waals surface area contributed by atoms with E-state index in [1.807, 2.05) is 6.08 Å². The Labute approximate surface area is 247 Å². The van der Waals surface area contributed by atoms with Crippen LogP contribution in [0.1, 0.15) is 77.7 Å². The molecule has 0 aromatic heterocycles. The average molecular weight is 586 g/mol. The molecule has 1 aliphatic carbocycles. The van der Waals surface area contributed by atoms with Crippen LogP contribution in [0, 0.1) is 23.7 Å². The highest BCUT2D eigenvalue weighted by molar-refractivity contribution is 6.43. The maximum atomic E-state index is 13.7. The average Bonchev–Trinajstić information content (AvgIpc) is 3.15. The minimum absolute atomic E-state index is 0.0798. The van der Waals surface area contributed by atoms with Gasteiger partial charge < -0.3 is 19.9 Å². The second kappa shape index (κ2) is 13.6. The molecule has 2 saturated heterocycles. The number of hydrogen-bond donors (Lipinski definition) is 3. The molecule has 10 heteroatoms. The van der Waals surface area contributed by atoms with Crippen LogP contribution in [0.25, 0.3) is 6.08 Å². The predicted octanol–water partition coefficient (Wildman–Crippen LogP) is 5.72. The molecule has 0 unspecified atom stereocenters. The van der Waals surface area contributed by atoms with Crippen molar-refractivity contribution in [1.82, 2.24) is 4.90 Å². The molecule has 2 aliphatic heterocycles. The van der Waals surface area contributed by atoms with Crippen LogP contribution in [0.4, 0.5) is 0 Å². The summed E-state index contributed by atoms with van der Waals surface area (Å²) in [4.78, 5) is 39.3. The van der Waals surface area contributed by atoms with Gasteiger partial charge in [-0.2, -0.15) is 0 Å². The fourth-order valence-electron chi connectivity index (χ4n) is 6.78. The van der Waals surface area contributed by atoms with Crippen LogP contribution in [-0.4, -0.2) is 57.7 Å². The lowest BCUT2D eigenvalue weighted by Crippen LogP contribution is -2.46. The normalized spacial score (nSPS) is 24.8. The Kier molecular flexibility index (Phi) is 10.4. The molecule has 2 amide bonds. The molecule has 0 saturated carbocycles. The van der Waals surface area contributed by atoms with Gasteiger partial charge in [0.25, 0.3) is 0 Å². The maximum absolute atomic E-state index is 13.7. The molecule has 1 aromatic rings. The smallest absolute Gasteiger partial charge is 0.455 e. The summed E-state index contributed by atoms with van der Waals surface area (Å²) in [5.41, 5.74) is 4.21. The van der Waals surface area contributed by atoms with Gasteiger partial charge in [0.15, 0.2) is 0 Å². The SMILES string of the molecule is CC/C(=C\c1ccc(O)cc1Cl)CC[C@H]1OB(O)C[C@H]2C1=C(C(C)C)C[C@H]1C(=O)N(CCCCCC(=O)O)C(=O)[C@H]12. The molecule has 3 N–H and O–H groups in total. The van der Waals surface area contributed by atoms with Crippen LogP contribution in [-0.2, 0) is 19.0 Å². The second-order valence-corrected chi connectivity index (χ2v) is 12.2. The summed E-state index contributed by atoms with van der Waals surface area (Å²) in [6.07, 6.45) is 6.42. The van der Waals surface area contributed by atoms with Crippen LogP contribution in [0.15, 0.2) is 34.9 Å². The van der Waals surface area contributed by atoms with Crippen LogP contribution in [0.2, 0.25) is 11.3 Å². The molecular formula is C31H41BClNO7. The minimum atomic E-state index is -1.02. The van der Waals surface area contributed by atoms with Gasteiger partial charge in [-0.15, -0.1) is 0 Å². The highest BCUT2D eigenvalue weighted by Crippen LogP contribution is 2.52. The van der Waals surface area contributed by atoms with E-state index in [-0.39, 0.29) is 48.2 Å². The number of carboxylic acids is 1. The standard InChI is InChI=1S/C31H41BClNO7/c1-4-19(14-20-10-11-21(35)15-25(20)33)9-12-26-28-22(18(2)3)16-23-29(24(28)17-32(40)41-26)31(39)34(30(23)38)13-7-5-6-8-27(36)37/h10-11,14-15,18,23-24,26,29,35,40H,4-9,12-13,16-17H2,1-3H3,(H,36,37)/b19-14+/t23-,24+,26-,29-/m1/s1. The molecule has 0 radical (unpaired) electrons. The number of benzene rings is 1. The number of unbranched alkanes of at least 4 members (excludes halogenated alkanes) is 2. The zero-order chi connectivity index (χ0) is 29.8. The molecule has 0 bridgehead atoms. The third kappa shape index (κ3) is 7.07. The number of hydrogen-bond acceptors (Lipinski definition) is 6. The molecule has 41 heavy (non-hydrogen) atoms. The quantitative estimate of drug-likeness (QED) is 0.124. The fraction of sp³-hybridized carbons (Fsp3) is 0.581. The van der Waals surface area contributed by atoms with E-state index in [0.29, 0.717) is 50.1 Å². The van der Waals surface area contributed by atoms with Gasteiger partial charge in [0.05, 0.1) is 23.0 Å². The number of halogens is 1. The lowest BCUT2D eigenvalue weighted by molar-refractivity contribution is -0.141. The fourth-order valence-corrected chi connectivity index (χ4v) is 7.01. The number of likely N-dealkylation sites (tertiary alicyclic amines) is 1. The van der Waals surface area contributed by atoms with Crippen molar-refractivity contribution in [2.75, 3.05) is 6.54 Å². The molecule has 4 rings (SSSR count). The molecule has 222 valence electrons. The van der Waals surface area contributed by atoms with Crippen molar-refractivity contribution in [3.63, 3.8) is 0 Å². The van der Waals surface area contributed by atoms with E-state index in [1.54, 1.807) is 12.1 Å². The van der Waals surface area contributed by atoms with Crippen LogP contribution >= 0.6 is 11.6 Å². The first-order valence-corrected chi connectivity index (χ1v) is 15.2. The predicted molar refractivity (Wildman–Crippen MR) is 158 cm³/mol. The first-order valence-electron chi connectivity index (χ1n) is 14.8. The van der Waals surface area contributed by atoms with E-state index >= 15 is 0 Å². The number of amides is 2. The molecular weight excluding hydrogens is 545 g/mol. The molecule has 1 aromatic carbocycles. The Morgan fingerprint density at radius 1 is 1.17 bits per heavy atom. The number of carbonyl (C=O) groups excluding carboxylic acids is 2. The molecule has 8 nitrogen and oxygen atoms in total. The third-order valence-electron chi connectivity index (χ3n) is 8.83. The van der Waals surface area contributed by atoms with E-state index < -0.39 is 24.9 Å². The van der Waals surface area contributed by atoms with Crippen LogP contribution in [0.3, 0.4) is 0 Å². The molecule has 3 aliphatic rings. The zero-order valence-electron chi connectivity index (χ0n) is 24.1. The lowest BCUT2D eigenvalue weighted by Gasteiger charge is -2.44. The number of rotatable bonds is 12. The van der Waals surface area contributed by atoms with Crippen LogP contribution in [0.5, 0.6) is 5.75 Å². The summed E-state index contributed by atoms with van der Waals surface area (Å²) in [6.45, 7) is 6.58. The van der Waals surface area contributed by atoms with Crippen molar-refractivity contribution in [2.24, 2.45) is 23.7 Å². The van der Waals surface area contributed by atoms with E-state index in [1.165, 1.54) is 11.0 Å². The summed E-state index contributed by atoms with van der Waals surface area (Å²) in [5, 5.41) is 29.8. The minimum Gasteiger partial charge on any atom is -0.508 e. The molecule has 0 spiro atoms. The highest BCUT2D eigenvalue weighted by Gasteiger charge is 2.57. The summed E-state index contributed by atoms with van der Waals surface area (Å²) in [7, 11) is -1.02. The number of imide groups is 1. The number of carbonyl (C=O) groups is 3. The monoisotopic (exact) mass is 585 g/mol. The summed E-state index contributed by atoms with van der Waals surface area (Å²) in [6, 6.07) is 4.91. The first-order chi connectivity index (χ1) is 19.5. The first kappa shape index (κ1) is 31.3. The van der Waals surface area contributed by atoms with Gasteiger partial charge in [-0.1, -0.05) is 56.0 Å². The molecule has 4 atom stereocenters. The second-order valence-electron chi connectivity index (χ2n) is 11.8. The van der Waals surface area contributed by atoms with Crippen molar-refractivity contribution in [2.45, 2.75) is 84.6 Å². The molecule has 2 heterocycles. The summed E-state index contributed by atoms with van der Waals surface area (Å²) < 4.78 is 6.12. The highest BCUT2D eigenvalue weighted by atomic mass is 35.5. The number of nitrogens with zero attached hydrogens (tertiary/aromatic N) is 1. The summed E-state index contributed by atoms with van der Waals surface area (Å²) in [5.74, 6) is -2.07. The lowest BCUT2D eigenvalue weighted by atomic mass is 9.57. The number of aromatic hydroxyl groups is 1. The van der Waals surface area contributed by atoms with Gasteiger partial charge >= 0.3 is 13.1 Å². The number of phenolic OH excluding ortho intramolecular Hbond substituents is 1. The Morgan fingerprint density at radius 2 is 1.93 bits per heavy atom. The van der Waals surface area contributed by atoms with Gasteiger partial charge in [0, 0.05) is 13.0 Å². The van der Waals surface area contributed by atoms with Gasteiger partial charge in [0.2, 0.25) is 11.8 Å². The van der Waals surface area contributed by atoms with Crippen molar-refractivity contribution in [3.05, 3.63) is 45.5 Å². The number of allylic oxidation sites excluding steroid dienone is 2. The Balaban J connectivity index is 1.54. The number of aliphatic carboxylic acids is 1. The number of phenols is 1. The Morgan fingerprint density at radius 3 is 2.59 bits per heavy atom. The van der Waals surface area contributed by atoms with Gasteiger partial charge in [-0.25, -0.2) is 0 Å². The van der Waals surface area contributed by atoms with Gasteiger partial charge in [0.1, 0.15) is 5.75 Å². The summed E-state index contributed by atoms with van der Waals surface area (Å²) >= 11 is 6.34. The van der Waals surface area contributed by atoms with Crippen molar-refractivity contribution in [3.8, 4) is 5.75 Å². The van der Waals surface area contributed by atoms with Crippen molar-refractivity contribution >= 4 is 42.6 Å². The largest absolute Gasteiger partial charge is 0.508 e.